The lowest BCUT2D eigenvalue weighted by atomic mass is 9.80. The molecule has 4 unspecified atom stereocenters. The fourth-order valence-electron chi connectivity index (χ4n) is 3.24. The van der Waals surface area contributed by atoms with E-state index < -0.39 is 0 Å². The molecule has 2 heterocycles. The minimum absolute atomic E-state index is 0.223. The van der Waals surface area contributed by atoms with Crippen molar-refractivity contribution in [3.05, 3.63) is 35.9 Å². The molecule has 2 aliphatic rings. The number of hydrogen-bond donors (Lipinski definition) is 1. The molecule has 3 nitrogen and oxygen atoms in total. The predicted octanol–water partition coefficient (Wildman–Crippen LogP) is 1.99. The number of hydrogen-bond acceptors (Lipinski definition) is 3. The number of aliphatic hydroxyl groups is 1. The second-order valence-electron chi connectivity index (χ2n) is 5.30. The molecule has 0 saturated carbocycles. The SMILES string of the molecule is OCC1C2CCC(O2)C1COCc1ccccc1. The van der Waals surface area contributed by atoms with Crippen molar-refractivity contribution in [2.45, 2.75) is 31.7 Å². The summed E-state index contributed by atoms with van der Waals surface area (Å²) in [4.78, 5) is 0. The van der Waals surface area contributed by atoms with Gasteiger partial charge in [-0.3, -0.25) is 0 Å². The van der Waals surface area contributed by atoms with Gasteiger partial charge in [-0.15, -0.1) is 0 Å². The fraction of sp³-hybridized carbons (Fsp3) is 0.600. The number of rotatable bonds is 5. The Morgan fingerprint density at radius 2 is 1.83 bits per heavy atom. The molecule has 3 heteroatoms. The molecule has 1 aromatic carbocycles. The Hall–Kier alpha value is -0.900. The van der Waals surface area contributed by atoms with Gasteiger partial charge in [-0.05, 0) is 18.4 Å². The molecule has 0 radical (unpaired) electrons. The molecule has 4 atom stereocenters. The van der Waals surface area contributed by atoms with Gasteiger partial charge in [0.1, 0.15) is 0 Å². The lowest BCUT2D eigenvalue weighted by molar-refractivity contribution is 0.0369. The molecule has 1 N–H and O–H groups in total. The maximum Gasteiger partial charge on any atom is 0.0717 e. The first-order chi connectivity index (χ1) is 8.88. The van der Waals surface area contributed by atoms with E-state index >= 15 is 0 Å². The Bertz CT molecular complexity index is 379. The Morgan fingerprint density at radius 1 is 1.11 bits per heavy atom. The van der Waals surface area contributed by atoms with Gasteiger partial charge in [0, 0.05) is 18.4 Å². The molecule has 98 valence electrons. The lowest BCUT2D eigenvalue weighted by Crippen LogP contribution is -2.33. The molecule has 0 spiro atoms. The summed E-state index contributed by atoms with van der Waals surface area (Å²) in [7, 11) is 0. The molecule has 2 aliphatic heterocycles. The summed E-state index contributed by atoms with van der Waals surface area (Å²) in [5.41, 5.74) is 1.20. The highest BCUT2D eigenvalue weighted by Crippen LogP contribution is 2.43. The maximum absolute atomic E-state index is 9.44. The highest BCUT2D eigenvalue weighted by Gasteiger charge is 2.48. The van der Waals surface area contributed by atoms with Crippen LogP contribution in [0.15, 0.2) is 30.3 Å². The van der Waals surface area contributed by atoms with Crippen LogP contribution in [0.4, 0.5) is 0 Å². The van der Waals surface area contributed by atoms with Gasteiger partial charge < -0.3 is 14.6 Å². The molecular weight excluding hydrogens is 228 g/mol. The number of fused-ring (bicyclic) bond motifs is 2. The summed E-state index contributed by atoms with van der Waals surface area (Å²) in [6, 6.07) is 10.2. The fourth-order valence-corrected chi connectivity index (χ4v) is 3.24. The Labute approximate surface area is 108 Å². The summed E-state index contributed by atoms with van der Waals surface area (Å²) in [5.74, 6) is 0.650. The average Bonchev–Trinajstić information content (AvgIpc) is 3.00. The van der Waals surface area contributed by atoms with E-state index in [0.29, 0.717) is 25.2 Å². The zero-order valence-electron chi connectivity index (χ0n) is 10.5. The third-order valence-corrected chi connectivity index (χ3v) is 4.22. The highest BCUT2D eigenvalue weighted by atomic mass is 16.5. The van der Waals surface area contributed by atoms with Crippen LogP contribution in [0, 0.1) is 11.8 Å². The maximum atomic E-state index is 9.44. The van der Waals surface area contributed by atoms with Crippen LogP contribution < -0.4 is 0 Å². The van der Waals surface area contributed by atoms with Crippen LogP contribution >= 0.6 is 0 Å². The zero-order chi connectivity index (χ0) is 12.4. The predicted molar refractivity (Wildman–Crippen MR) is 68.1 cm³/mol. The Morgan fingerprint density at radius 3 is 2.56 bits per heavy atom. The lowest BCUT2D eigenvalue weighted by Gasteiger charge is -2.26. The third-order valence-electron chi connectivity index (χ3n) is 4.22. The quantitative estimate of drug-likeness (QED) is 0.866. The van der Waals surface area contributed by atoms with Crippen molar-refractivity contribution in [2.24, 2.45) is 11.8 Å². The molecule has 2 saturated heterocycles. The standard InChI is InChI=1S/C15H20O3/c16-8-12-13(15-7-6-14(12)18-15)10-17-9-11-4-2-1-3-5-11/h1-5,12-16H,6-10H2. The van der Waals surface area contributed by atoms with Crippen LogP contribution in [0.25, 0.3) is 0 Å². The number of ether oxygens (including phenoxy) is 2. The van der Waals surface area contributed by atoms with Crippen LogP contribution in [0.3, 0.4) is 0 Å². The van der Waals surface area contributed by atoms with Crippen molar-refractivity contribution in [3.8, 4) is 0 Å². The number of benzene rings is 1. The molecule has 0 aromatic heterocycles. The van der Waals surface area contributed by atoms with E-state index in [1.807, 2.05) is 18.2 Å². The molecule has 0 amide bonds. The summed E-state index contributed by atoms with van der Waals surface area (Å²) < 4.78 is 11.6. The summed E-state index contributed by atoms with van der Waals surface area (Å²) in [6.45, 7) is 1.56. The van der Waals surface area contributed by atoms with Crippen molar-refractivity contribution in [3.63, 3.8) is 0 Å². The van der Waals surface area contributed by atoms with Gasteiger partial charge in [-0.2, -0.15) is 0 Å². The van der Waals surface area contributed by atoms with E-state index in [1.165, 1.54) is 5.56 Å². The van der Waals surface area contributed by atoms with E-state index in [-0.39, 0.29) is 18.6 Å². The van der Waals surface area contributed by atoms with Gasteiger partial charge in [0.15, 0.2) is 0 Å². The first-order valence-corrected chi connectivity index (χ1v) is 6.76. The summed E-state index contributed by atoms with van der Waals surface area (Å²) in [5, 5.41) is 9.44. The third kappa shape index (κ3) is 2.30. The molecule has 18 heavy (non-hydrogen) atoms. The second-order valence-corrected chi connectivity index (χ2v) is 5.30. The minimum atomic E-state index is 0.223. The molecule has 1 aromatic rings. The van der Waals surface area contributed by atoms with Gasteiger partial charge in [-0.1, -0.05) is 30.3 Å². The van der Waals surface area contributed by atoms with Crippen LogP contribution in [0.2, 0.25) is 0 Å². The molecule has 0 aliphatic carbocycles. The second kappa shape index (κ2) is 5.39. The van der Waals surface area contributed by atoms with Gasteiger partial charge in [0.25, 0.3) is 0 Å². The molecule has 3 rings (SSSR count). The largest absolute Gasteiger partial charge is 0.396 e. The Kier molecular flexibility index (Phi) is 3.64. The van der Waals surface area contributed by atoms with Crippen LogP contribution in [-0.4, -0.2) is 30.5 Å². The normalized spacial score (nSPS) is 34.1. The van der Waals surface area contributed by atoms with Crippen molar-refractivity contribution >= 4 is 0 Å². The van der Waals surface area contributed by atoms with Gasteiger partial charge in [0.2, 0.25) is 0 Å². The van der Waals surface area contributed by atoms with E-state index in [0.717, 1.165) is 12.8 Å². The van der Waals surface area contributed by atoms with Crippen LogP contribution in [0.1, 0.15) is 18.4 Å². The molecular formula is C15H20O3. The van der Waals surface area contributed by atoms with Crippen LogP contribution in [-0.2, 0) is 16.1 Å². The van der Waals surface area contributed by atoms with Crippen molar-refractivity contribution < 1.29 is 14.6 Å². The number of aliphatic hydroxyl groups excluding tert-OH is 1. The molecule has 2 bridgehead atoms. The smallest absolute Gasteiger partial charge is 0.0717 e. The van der Waals surface area contributed by atoms with E-state index in [1.54, 1.807) is 0 Å². The highest BCUT2D eigenvalue weighted by molar-refractivity contribution is 5.13. The zero-order valence-corrected chi connectivity index (χ0v) is 10.5. The topological polar surface area (TPSA) is 38.7 Å². The van der Waals surface area contributed by atoms with Crippen molar-refractivity contribution in [1.82, 2.24) is 0 Å². The first-order valence-electron chi connectivity index (χ1n) is 6.76. The van der Waals surface area contributed by atoms with E-state index in [9.17, 15) is 5.11 Å². The van der Waals surface area contributed by atoms with Gasteiger partial charge in [-0.25, -0.2) is 0 Å². The van der Waals surface area contributed by atoms with Gasteiger partial charge in [0.05, 0.1) is 25.4 Å². The van der Waals surface area contributed by atoms with E-state index in [4.69, 9.17) is 9.47 Å². The first kappa shape index (κ1) is 12.2. The van der Waals surface area contributed by atoms with Gasteiger partial charge >= 0.3 is 0 Å². The molecule has 2 fully saturated rings. The average molecular weight is 248 g/mol. The minimum Gasteiger partial charge on any atom is -0.396 e. The van der Waals surface area contributed by atoms with Crippen LogP contribution in [0.5, 0.6) is 0 Å². The van der Waals surface area contributed by atoms with Crippen molar-refractivity contribution in [2.75, 3.05) is 13.2 Å². The van der Waals surface area contributed by atoms with Crippen molar-refractivity contribution in [1.29, 1.82) is 0 Å². The summed E-state index contributed by atoms with van der Waals surface area (Å²) in [6.07, 6.45) is 2.80. The van der Waals surface area contributed by atoms with E-state index in [2.05, 4.69) is 12.1 Å². The monoisotopic (exact) mass is 248 g/mol. The summed E-state index contributed by atoms with van der Waals surface area (Å²) >= 11 is 0. The Balaban J connectivity index is 1.51.